The van der Waals surface area contributed by atoms with Gasteiger partial charge in [0, 0.05) is 39.3 Å². The Bertz CT molecular complexity index is 666. The number of nitrogens with one attached hydrogen (secondary N) is 1. The Labute approximate surface area is 154 Å². The lowest BCUT2D eigenvalue weighted by Gasteiger charge is -2.24. The molecule has 0 saturated carbocycles. The van der Waals surface area contributed by atoms with E-state index in [4.69, 9.17) is 4.74 Å². The van der Waals surface area contributed by atoms with Gasteiger partial charge < -0.3 is 19.9 Å². The van der Waals surface area contributed by atoms with Gasteiger partial charge in [0.15, 0.2) is 0 Å². The van der Waals surface area contributed by atoms with Crippen molar-refractivity contribution in [3.8, 4) is 0 Å². The van der Waals surface area contributed by atoms with Crippen LogP contribution in [-0.2, 0) is 16.1 Å². The van der Waals surface area contributed by atoms with Gasteiger partial charge in [-0.2, -0.15) is 5.10 Å². The fourth-order valence-corrected chi connectivity index (χ4v) is 3.69. The van der Waals surface area contributed by atoms with Crippen LogP contribution < -0.4 is 5.32 Å². The van der Waals surface area contributed by atoms with Gasteiger partial charge in [-0.1, -0.05) is 0 Å². The van der Waals surface area contributed by atoms with Gasteiger partial charge >= 0.3 is 6.03 Å². The second kappa shape index (κ2) is 8.07. The van der Waals surface area contributed by atoms with Gasteiger partial charge in [-0.25, -0.2) is 4.79 Å². The number of aryl methyl sites for hydroxylation is 2. The SMILES string of the molecule is CCn1nc(C)c(NC(=O)N2CCCN(C(=O)[C@H]3CCCO3)CC2)c1C. The third-order valence-electron chi connectivity index (χ3n) is 5.21. The maximum Gasteiger partial charge on any atom is 0.322 e. The highest BCUT2D eigenvalue weighted by atomic mass is 16.5. The fraction of sp³-hybridized carbons (Fsp3) is 0.722. The van der Waals surface area contributed by atoms with Crippen LogP contribution in [0.15, 0.2) is 0 Å². The number of nitrogens with zero attached hydrogens (tertiary/aromatic N) is 4. The van der Waals surface area contributed by atoms with Crippen LogP contribution in [0.5, 0.6) is 0 Å². The van der Waals surface area contributed by atoms with Crippen LogP contribution in [0.2, 0.25) is 0 Å². The second-order valence-corrected chi connectivity index (χ2v) is 6.96. The van der Waals surface area contributed by atoms with Crippen LogP contribution in [0.1, 0.15) is 37.6 Å². The Morgan fingerprint density at radius 3 is 2.54 bits per heavy atom. The van der Waals surface area contributed by atoms with E-state index in [2.05, 4.69) is 10.4 Å². The van der Waals surface area contributed by atoms with Gasteiger partial charge in [0.2, 0.25) is 0 Å². The minimum atomic E-state index is -0.291. The standard InChI is InChI=1S/C18H29N5O3/c1-4-23-14(3)16(13(2)20-23)19-18(25)22-9-6-8-21(10-11-22)17(24)15-7-5-12-26-15/h15H,4-12H2,1-3H3,(H,19,25)/t15-/m1/s1. The molecule has 8 nitrogen and oxygen atoms in total. The molecule has 3 heterocycles. The molecule has 0 bridgehead atoms. The summed E-state index contributed by atoms with van der Waals surface area (Å²) in [6.07, 6.45) is 2.24. The maximum atomic E-state index is 12.7. The highest BCUT2D eigenvalue weighted by molar-refractivity contribution is 5.90. The molecule has 1 atom stereocenters. The first-order valence-corrected chi connectivity index (χ1v) is 9.51. The normalized spacial score (nSPS) is 21.0. The molecule has 1 aromatic rings. The van der Waals surface area contributed by atoms with Gasteiger partial charge in [-0.15, -0.1) is 0 Å². The number of carbonyl (C=O) groups excluding carboxylic acids is 2. The van der Waals surface area contributed by atoms with Crippen LogP contribution in [-0.4, -0.2) is 70.4 Å². The summed E-state index contributed by atoms with van der Waals surface area (Å²) in [4.78, 5) is 28.8. The van der Waals surface area contributed by atoms with Crippen molar-refractivity contribution in [3.05, 3.63) is 11.4 Å². The van der Waals surface area contributed by atoms with Gasteiger partial charge in [0.05, 0.1) is 17.1 Å². The quantitative estimate of drug-likeness (QED) is 0.887. The highest BCUT2D eigenvalue weighted by Crippen LogP contribution is 2.20. The maximum absolute atomic E-state index is 12.7. The molecule has 26 heavy (non-hydrogen) atoms. The van der Waals surface area contributed by atoms with Crippen molar-refractivity contribution >= 4 is 17.6 Å². The predicted octanol–water partition coefficient (Wildman–Crippen LogP) is 1.77. The summed E-state index contributed by atoms with van der Waals surface area (Å²) in [6, 6.07) is -0.127. The van der Waals surface area contributed by atoms with Gasteiger partial charge in [0.25, 0.3) is 5.91 Å². The molecule has 0 radical (unpaired) electrons. The molecular formula is C18H29N5O3. The molecule has 0 aliphatic carbocycles. The molecule has 144 valence electrons. The lowest BCUT2D eigenvalue weighted by Crippen LogP contribution is -2.42. The van der Waals surface area contributed by atoms with Crippen LogP contribution in [0, 0.1) is 13.8 Å². The number of urea groups is 1. The molecular weight excluding hydrogens is 334 g/mol. The minimum absolute atomic E-state index is 0.0701. The summed E-state index contributed by atoms with van der Waals surface area (Å²) in [7, 11) is 0. The summed E-state index contributed by atoms with van der Waals surface area (Å²) in [5, 5.41) is 7.45. The summed E-state index contributed by atoms with van der Waals surface area (Å²) < 4.78 is 7.39. The molecule has 3 rings (SSSR count). The number of carbonyl (C=O) groups is 2. The van der Waals surface area contributed by atoms with E-state index in [1.165, 1.54) is 0 Å². The van der Waals surface area contributed by atoms with Crippen molar-refractivity contribution in [3.63, 3.8) is 0 Å². The molecule has 1 N–H and O–H groups in total. The van der Waals surface area contributed by atoms with E-state index in [1.807, 2.05) is 30.4 Å². The third kappa shape index (κ3) is 3.85. The second-order valence-electron chi connectivity index (χ2n) is 6.96. The Morgan fingerprint density at radius 2 is 1.88 bits per heavy atom. The van der Waals surface area contributed by atoms with Gasteiger partial charge in [-0.3, -0.25) is 9.48 Å². The minimum Gasteiger partial charge on any atom is -0.368 e. The zero-order chi connectivity index (χ0) is 18.7. The number of hydrogen-bond acceptors (Lipinski definition) is 4. The molecule has 0 aromatic carbocycles. The zero-order valence-corrected chi connectivity index (χ0v) is 16.0. The van der Waals surface area contributed by atoms with E-state index in [9.17, 15) is 9.59 Å². The van der Waals surface area contributed by atoms with Crippen molar-refractivity contribution in [1.82, 2.24) is 19.6 Å². The first kappa shape index (κ1) is 18.7. The lowest BCUT2D eigenvalue weighted by atomic mass is 10.2. The van der Waals surface area contributed by atoms with E-state index < -0.39 is 0 Å². The smallest absolute Gasteiger partial charge is 0.322 e. The number of aromatic nitrogens is 2. The summed E-state index contributed by atoms with van der Waals surface area (Å²) >= 11 is 0. The van der Waals surface area contributed by atoms with Crippen LogP contribution in [0.3, 0.4) is 0 Å². The van der Waals surface area contributed by atoms with Gasteiger partial charge in [0.1, 0.15) is 6.10 Å². The number of anilines is 1. The Hall–Kier alpha value is -2.09. The lowest BCUT2D eigenvalue weighted by molar-refractivity contribution is -0.140. The van der Waals surface area contributed by atoms with Crippen molar-refractivity contribution in [2.24, 2.45) is 0 Å². The van der Waals surface area contributed by atoms with Gasteiger partial charge in [-0.05, 0) is 40.0 Å². The van der Waals surface area contributed by atoms with E-state index >= 15 is 0 Å². The number of hydrogen-bond donors (Lipinski definition) is 1. The molecule has 2 aliphatic rings. The van der Waals surface area contributed by atoms with Crippen LogP contribution in [0.4, 0.5) is 10.5 Å². The average Bonchev–Trinajstić information content (AvgIpc) is 3.17. The fourth-order valence-electron chi connectivity index (χ4n) is 3.69. The summed E-state index contributed by atoms with van der Waals surface area (Å²) in [6.45, 7) is 9.73. The largest absolute Gasteiger partial charge is 0.368 e. The number of rotatable bonds is 3. The van der Waals surface area contributed by atoms with Crippen molar-refractivity contribution in [1.29, 1.82) is 0 Å². The van der Waals surface area contributed by atoms with Crippen LogP contribution >= 0.6 is 0 Å². The Kier molecular flexibility index (Phi) is 5.80. The monoisotopic (exact) mass is 363 g/mol. The Morgan fingerprint density at radius 1 is 1.15 bits per heavy atom. The van der Waals surface area contributed by atoms with E-state index in [1.54, 1.807) is 4.90 Å². The molecule has 0 unspecified atom stereocenters. The first-order valence-electron chi connectivity index (χ1n) is 9.51. The average molecular weight is 363 g/mol. The zero-order valence-electron chi connectivity index (χ0n) is 16.0. The topological polar surface area (TPSA) is 79.7 Å². The Balaban J connectivity index is 1.59. The van der Waals surface area contributed by atoms with E-state index in [0.717, 1.165) is 42.9 Å². The molecule has 2 fully saturated rings. The summed E-state index contributed by atoms with van der Waals surface area (Å²) in [5.41, 5.74) is 2.57. The third-order valence-corrected chi connectivity index (χ3v) is 5.21. The summed E-state index contributed by atoms with van der Waals surface area (Å²) in [5.74, 6) is 0.0701. The molecule has 8 heteroatoms. The first-order chi connectivity index (χ1) is 12.5. The van der Waals surface area contributed by atoms with Crippen molar-refractivity contribution in [2.45, 2.75) is 52.7 Å². The predicted molar refractivity (Wildman–Crippen MR) is 98.1 cm³/mol. The van der Waals surface area contributed by atoms with Crippen molar-refractivity contribution in [2.75, 3.05) is 38.1 Å². The molecule has 2 saturated heterocycles. The van der Waals surface area contributed by atoms with E-state index in [0.29, 0.717) is 32.8 Å². The molecule has 0 spiro atoms. The molecule has 2 aliphatic heterocycles. The van der Waals surface area contributed by atoms with E-state index in [-0.39, 0.29) is 18.0 Å². The number of amides is 3. The highest BCUT2D eigenvalue weighted by Gasteiger charge is 2.30. The molecule has 3 amide bonds. The molecule has 1 aromatic heterocycles. The van der Waals surface area contributed by atoms with Crippen molar-refractivity contribution < 1.29 is 14.3 Å². The number of ether oxygens (including phenoxy) is 1. The van der Waals surface area contributed by atoms with Crippen LogP contribution in [0.25, 0.3) is 0 Å².